The summed E-state index contributed by atoms with van der Waals surface area (Å²) in [7, 11) is 1.40. The van der Waals surface area contributed by atoms with Gasteiger partial charge in [-0.25, -0.2) is 0 Å². The molecule has 0 aliphatic carbocycles. The lowest BCUT2D eigenvalue weighted by molar-refractivity contribution is -0.638. The van der Waals surface area contributed by atoms with Crippen molar-refractivity contribution in [3.63, 3.8) is 0 Å². The molecule has 0 aliphatic heterocycles. The number of halogens is 2. The smallest absolute Gasteiger partial charge is 0.385 e. The van der Waals surface area contributed by atoms with Crippen LogP contribution in [0.25, 0.3) is 0 Å². The van der Waals surface area contributed by atoms with Crippen molar-refractivity contribution in [2.45, 2.75) is 0 Å². The molecular weight excluding hydrogens is 217 g/mol. The summed E-state index contributed by atoms with van der Waals surface area (Å²) in [6.45, 7) is 0. The van der Waals surface area contributed by atoms with Crippen molar-refractivity contribution in [2.75, 3.05) is 7.11 Å². The van der Waals surface area contributed by atoms with Crippen LogP contribution < -0.4 is 9.47 Å². The van der Waals surface area contributed by atoms with Gasteiger partial charge in [0.15, 0.2) is 5.75 Å². The summed E-state index contributed by atoms with van der Waals surface area (Å²) in [6.07, 6.45) is 1.01. The molecule has 60 valence electrons. The molecule has 0 fully saturated rings. The summed E-state index contributed by atoms with van der Waals surface area (Å²) in [5.41, 5.74) is 0. The second-order valence-electron chi connectivity index (χ2n) is 1.84. The zero-order valence-corrected chi connectivity index (χ0v) is 7.26. The predicted molar refractivity (Wildman–Crippen MR) is 39.6 cm³/mol. The SMILES string of the molecule is COc1cc(Br)c(F)[n+]([O-])c1. The summed E-state index contributed by atoms with van der Waals surface area (Å²) in [6, 6.07) is 1.38. The molecule has 0 N–H and O–H groups in total. The van der Waals surface area contributed by atoms with Crippen LogP contribution in [0.2, 0.25) is 0 Å². The van der Waals surface area contributed by atoms with Crippen LogP contribution in [0, 0.1) is 11.2 Å². The van der Waals surface area contributed by atoms with Crippen molar-refractivity contribution in [3.8, 4) is 5.75 Å². The minimum Gasteiger partial charge on any atom is -0.616 e. The summed E-state index contributed by atoms with van der Waals surface area (Å²) in [5, 5.41) is 10.7. The number of methoxy groups -OCH3 is 1. The average Bonchev–Trinajstić information content (AvgIpc) is 1.99. The van der Waals surface area contributed by atoms with Gasteiger partial charge in [0.05, 0.1) is 7.11 Å². The fourth-order valence-corrected chi connectivity index (χ4v) is 1.01. The average molecular weight is 222 g/mol. The highest BCUT2D eigenvalue weighted by Crippen LogP contribution is 2.17. The van der Waals surface area contributed by atoms with E-state index in [9.17, 15) is 9.60 Å². The highest BCUT2D eigenvalue weighted by Gasteiger charge is 2.11. The second-order valence-corrected chi connectivity index (χ2v) is 2.70. The van der Waals surface area contributed by atoms with E-state index >= 15 is 0 Å². The third-order valence-corrected chi connectivity index (χ3v) is 1.70. The van der Waals surface area contributed by atoms with Gasteiger partial charge < -0.3 is 9.94 Å². The molecule has 1 aromatic heterocycles. The molecule has 0 aromatic carbocycles. The van der Waals surface area contributed by atoms with Crippen molar-refractivity contribution in [1.29, 1.82) is 0 Å². The lowest BCUT2D eigenvalue weighted by Gasteiger charge is -2.01. The van der Waals surface area contributed by atoms with Crippen LogP contribution in [-0.2, 0) is 0 Å². The fraction of sp³-hybridized carbons (Fsp3) is 0.167. The maximum atomic E-state index is 12.6. The highest BCUT2D eigenvalue weighted by atomic mass is 79.9. The number of pyridine rings is 1. The van der Waals surface area contributed by atoms with Gasteiger partial charge in [-0.3, -0.25) is 0 Å². The van der Waals surface area contributed by atoms with Gasteiger partial charge in [0.25, 0.3) is 0 Å². The van der Waals surface area contributed by atoms with Crippen molar-refractivity contribution < 1.29 is 13.9 Å². The Morgan fingerprint density at radius 1 is 1.73 bits per heavy atom. The van der Waals surface area contributed by atoms with Crippen LogP contribution in [0.15, 0.2) is 16.7 Å². The molecule has 5 heteroatoms. The van der Waals surface area contributed by atoms with Crippen molar-refractivity contribution in [1.82, 2.24) is 0 Å². The van der Waals surface area contributed by atoms with E-state index in [0.717, 1.165) is 6.20 Å². The number of rotatable bonds is 1. The van der Waals surface area contributed by atoms with Crippen LogP contribution in [0.5, 0.6) is 5.75 Å². The normalized spacial score (nSPS) is 9.73. The van der Waals surface area contributed by atoms with Gasteiger partial charge in [-0.05, 0) is 15.9 Å². The summed E-state index contributed by atoms with van der Waals surface area (Å²) < 4.78 is 17.5. The van der Waals surface area contributed by atoms with Crippen LogP contribution in [0.3, 0.4) is 0 Å². The van der Waals surface area contributed by atoms with E-state index < -0.39 is 5.95 Å². The molecule has 0 saturated heterocycles. The van der Waals surface area contributed by atoms with E-state index in [0.29, 0.717) is 5.75 Å². The van der Waals surface area contributed by atoms with Gasteiger partial charge in [0.1, 0.15) is 4.47 Å². The molecule has 11 heavy (non-hydrogen) atoms. The first-order valence-corrected chi connectivity index (χ1v) is 3.56. The Balaban J connectivity index is 3.21. The molecule has 1 rings (SSSR count). The topological polar surface area (TPSA) is 36.2 Å². The fourth-order valence-electron chi connectivity index (χ4n) is 0.611. The minimum atomic E-state index is -0.870. The number of hydrogen-bond acceptors (Lipinski definition) is 2. The maximum Gasteiger partial charge on any atom is 0.385 e. The van der Waals surface area contributed by atoms with E-state index in [1.165, 1.54) is 13.2 Å². The first-order valence-electron chi connectivity index (χ1n) is 2.77. The van der Waals surface area contributed by atoms with Gasteiger partial charge in [0.2, 0.25) is 6.20 Å². The Kier molecular flexibility index (Phi) is 2.28. The molecule has 0 amide bonds. The van der Waals surface area contributed by atoms with Gasteiger partial charge in [-0.2, -0.15) is 0 Å². The molecular formula is C6H5BrFNO2. The number of ether oxygens (including phenoxy) is 1. The van der Waals surface area contributed by atoms with E-state index in [1.54, 1.807) is 0 Å². The molecule has 0 unspecified atom stereocenters. The Morgan fingerprint density at radius 2 is 2.36 bits per heavy atom. The lowest BCUT2D eigenvalue weighted by Crippen LogP contribution is -2.30. The third kappa shape index (κ3) is 1.59. The first kappa shape index (κ1) is 8.26. The Labute approximate surface area is 71.1 Å². The van der Waals surface area contributed by atoms with Crippen molar-refractivity contribution >= 4 is 15.9 Å². The number of aromatic nitrogens is 1. The number of nitrogens with zero attached hydrogens (tertiary/aromatic N) is 1. The Hall–Kier alpha value is -0.840. The van der Waals surface area contributed by atoms with Crippen LogP contribution >= 0.6 is 15.9 Å². The van der Waals surface area contributed by atoms with Crippen molar-refractivity contribution in [3.05, 3.63) is 27.9 Å². The monoisotopic (exact) mass is 221 g/mol. The molecule has 3 nitrogen and oxygen atoms in total. The maximum absolute atomic E-state index is 12.6. The zero-order chi connectivity index (χ0) is 8.43. The molecule has 0 atom stereocenters. The Bertz CT molecular complexity index is 256. The first-order chi connectivity index (χ1) is 5.15. The molecule has 0 saturated carbocycles. The van der Waals surface area contributed by atoms with E-state index in [2.05, 4.69) is 15.9 Å². The Morgan fingerprint density at radius 3 is 2.82 bits per heavy atom. The van der Waals surface area contributed by atoms with Gasteiger partial charge in [-0.15, -0.1) is 9.12 Å². The second kappa shape index (κ2) is 3.04. The molecule has 0 radical (unpaired) electrons. The minimum absolute atomic E-state index is 0.0897. The molecule has 0 aliphatic rings. The lowest BCUT2D eigenvalue weighted by atomic mass is 10.4. The van der Waals surface area contributed by atoms with Crippen molar-refractivity contribution in [2.24, 2.45) is 0 Å². The molecule has 1 aromatic rings. The van der Waals surface area contributed by atoms with Gasteiger partial charge in [0, 0.05) is 6.07 Å². The number of hydrogen-bond donors (Lipinski definition) is 0. The van der Waals surface area contributed by atoms with E-state index in [4.69, 9.17) is 4.74 Å². The summed E-state index contributed by atoms with van der Waals surface area (Å²) in [5.74, 6) is -0.556. The largest absolute Gasteiger partial charge is 0.616 e. The van der Waals surface area contributed by atoms with Gasteiger partial charge >= 0.3 is 5.95 Å². The zero-order valence-electron chi connectivity index (χ0n) is 5.67. The highest BCUT2D eigenvalue weighted by molar-refractivity contribution is 9.10. The standard InChI is InChI=1S/C6H5BrFNO2/c1-11-4-2-5(7)6(8)9(10)3-4/h2-3H,1H3. The summed E-state index contributed by atoms with van der Waals surface area (Å²) >= 11 is 2.86. The molecule has 1 heterocycles. The molecule has 0 bridgehead atoms. The van der Waals surface area contributed by atoms with E-state index in [-0.39, 0.29) is 9.20 Å². The third-order valence-electron chi connectivity index (χ3n) is 1.14. The van der Waals surface area contributed by atoms with Gasteiger partial charge in [-0.1, -0.05) is 0 Å². The van der Waals surface area contributed by atoms with Crippen LogP contribution in [-0.4, -0.2) is 7.11 Å². The molecule has 0 spiro atoms. The quantitative estimate of drug-likeness (QED) is 0.407. The van der Waals surface area contributed by atoms with Crippen LogP contribution in [0.4, 0.5) is 4.39 Å². The summed E-state index contributed by atoms with van der Waals surface area (Å²) in [4.78, 5) is 0. The van der Waals surface area contributed by atoms with E-state index in [1.807, 2.05) is 0 Å². The predicted octanol–water partition coefficient (Wildman–Crippen LogP) is 1.23. The van der Waals surface area contributed by atoms with Crippen LogP contribution in [0.1, 0.15) is 0 Å².